The van der Waals surface area contributed by atoms with Crippen molar-refractivity contribution >= 4 is 29.2 Å². The Labute approximate surface area is 192 Å². The van der Waals surface area contributed by atoms with E-state index in [-0.39, 0.29) is 70.2 Å². The maximum Gasteiger partial charge on any atom is 0.315 e. The quantitative estimate of drug-likeness (QED) is 0.452. The average Bonchev–Trinajstić information content (AvgIpc) is 3.13. The van der Waals surface area contributed by atoms with Crippen molar-refractivity contribution in [1.29, 1.82) is 0 Å². The molecule has 0 saturated carbocycles. The molecule has 0 aromatic heterocycles. The third-order valence-electron chi connectivity index (χ3n) is 5.41. The molecule has 1 atom stereocenters. The summed E-state index contributed by atoms with van der Waals surface area (Å²) < 4.78 is 59.8. The number of hydrazine groups is 1. The van der Waals surface area contributed by atoms with Gasteiger partial charge in [0.15, 0.2) is 11.6 Å². The van der Waals surface area contributed by atoms with Crippen molar-refractivity contribution in [2.75, 3.05) is 55.8 Å². The Kier molecular flexibility index (Phi) is 8.50. The molecule has 0 aliphatic carbocycles. The number of rotatable bonds is 8. The van der Waals surface area contributed by atoms with Gasteiger partial charge in [0.2, 0.25) is 5.91 Å². The van der Waals surface area contributed by atoms with Crippen LogP contribution in [0.4, 0.5) is 28.9 Å². The van der Waals surface area contributed by atoms with E-state index in [4.69, 9.17) is 9.84 Å². The van der Waals surface area contributed by atoms with Crippen molar-refractivity contribution in [3.8, 4) is 0 Å². The number of amides is 2. The minimum Gasteiger partial charge on any atom is -0.481 e. The predicted molar refractivity (Wildman–Crippen MR) is 111 cm³/mol. The molecule has 2 fully saturated rings. The summed E-state index contributed by atoms with van der Waals surface area (Å²) in [6.45, 7) is 0.589. The van der Waals surface area contributed by atoms with Gasteiger partial charge in [0, 0.05) is 44.8 Å². The molecule has 2 amide bonds. The van der Waals surface area contributed by atoms with Crippen LogP contribution in [0.1, 0.15) is 12.8 Å². The molecular weight excluding hydrogens is 466 g/mol. The minimum atomic E-state index is -3.14. The summed E-state index contributed by atoms with van der Waals surface area (Å²) in [7, 11) is 0. The van der Waals surface area contributed by atoms with E-state index < -0.39 is 41.9 Å². The maximum atomic E-state index is 14.9. The number of aliphatic carboxylic acids is 1. The molecule has 34 heavy (non-hydrogen) atoms. The highest BCUT2D eigenvalue weighted by Crippen LogP contribution is 2.30. The van der Waals surface area contributed by atoms with E-state index >= 15 is 0 Å². The van der Waals surface area contributed by atoms with Crippen molar-refractivity contribution in [2.45, 2.75) is 25.4 Å². The summed E-state index contributed by atoms with van der Waals surface area (Å²) in [5.74, 6) is -4.58. The topological polar surface area (TPSA) is 114 Å². The predicted octanol–water partition coefficient (Wildman–Crippen LogP) is 0.527. The lowest BCUT2D eigenvalue weighted by Crippen LogP contribution is -2.43. The lowest BCUT2D eigenvalue weighted by molar-refractivity contribution is -0.141. The van der Waals surface area contributed by atoms with Crippen LogP contribution in [-0.2, 0) is 19.1 Å². The van der Waals surface area contributed by atoms with Crippen LogP contribution >= 0.6 is 0 Å². The van der Waals surface area contributed by atoms with E-state index in [1.165, 1.54) is 14.8 Å². The molecule has 1 aromatic rings. The average molecular weight is 491 g/mol. The number of carbonyl (C=O) groups is 3. The number of ether oxygens (including phenoxy) is 1. The van der Waals surface area contributed by atoms with Crippen LogP contribution in [0, 0.1) is 11.6 Å². The van der Waals surface area contributed by atoms with Gasteiger partial charge in [-0.2, -0.15) is 8.78 Å². The number of carbonyl (C=O) groups excluding carboxylic acids is 2. The van der Waals surface area contributed by atoms with Crippen LogP contribution in [0.3, 0.4) is 0 Å². The summed E-state index contributed by atoms with van der Waals surface area (Å²) in [4.78, 5) is 36.7. The SMILES string of the molecule is O=C(O)CCC(=O)N1CCN(c2c(F)cc(N3CO[C@@H](CNC(=O)C(F)F)C3)cc2F)CCN1. The van der Waals surface area contributed by atoms with Crippen LogP contribution in [-0.4, -0.2) is 86.4 Å². The van der Waals surface area contributed by atoms with Crippen molar-refractivity contribution < 1.29 is 41.8 Å². The summed E-state index contributed by atoms with van der Waals surface area (Å²) in [5.41, 5.74) is 2.77. The first kappa shape index (κ1) is 25.5. The largest absolute Gasteiger partial charge is 0.481 e. The molecule has 1 aromatic carbocycles. The highest BCUT2D eigenvalue weighted by molar-refractivity contribution is 5.80. The van der Waals surface area contributed by atoms with E-state index in [9.17, 15) is 31.9 Å². The number of halogens is 4. The second-order valence-electron chi connectivity index (χ2n) is 7.78. The van der Waals surface area contributed by atoms with Crippen LogP contribution < -0.4 is 20.5 Å². The smallest absolute Gasteiger partial charge is 0.315 e. The standard InChI is InChI=1S/C20H25F4N5O5/c21-14-7-12(28-10-13(34-11-28)9-25-20(33)19(23)24)8-15(22)18(14)27-4-3-26-29(6-5-27)16(30)1-2-17(31)32/h7-8,13,19,26H,1-6,9-11H2,(H,25,33)(H,31,32)/t13-/m0/s1. The lowest BCUT2D eigenvalue weighted by Gasteiger charge is -2.25. The van der Waals surface area contributed by atoms with E-state index in [0.29, 0.717) is 0 Å². The Morgan fingerprint density at radius 3 is 2.47 bits per heavy atom. The van der Waals surface area contributed by atoms with E-state index in [1.807, 2.05) is 5.32 Å². The third-order valence-corrected chi connectivity index (χ3v) is 5.41. The zero-order valence-electron chi connectivity index (χ0n) is 18.1. The number of alkyl halides is 2. The number of hydrogen-bond donors (Lipinski definition) is 3. The fraction of sp³-hybridized carbons (Fsp3) is 0.550. The van der Waals surface area contributed by atoms with Crippen molar-refractivity contribution in [2.24, 2.45) is 0 Å². The number of carboxylic acid groups (broad SMARTS) is 1. The van der Waals surface area contributed by atoms with Gasteiger partial charge in [-0.25, -0.2) is 14.2 Å². The zero-order chi connectivity index (χ0) is 24.8. The molecule has 0 unspecified atom stereocenters. The first-order valence-electron chi connectivity index (χ1n) is 10.6. The van der Waals surface area contributed by atoms with E-state index in [2.05, 4.69) is 5.43 Å². The second-order valence-corrected chi connectivity index (χ2v) is 7.78. The molecule has 3 rings (SSSR count). The molecule has 0 spiro atoms. The first-order chi connectivity index (χ1) is 16.2. The van der Waals surface area contributed by atoms with Gasteiger partial charge in [0.05, 0.1) is 19.1 Å². The van der Waals surface area contributed by atoms with Gasteiger partial charge < -0.3 is 25.0 Å². The zero-order valence-corrected chi connectivity index (χ0v) is 18.1. The van der Waals surface area contributed by atoms with Crippen molar-refractivity contribution in [1.82, 2.24) is 15.8 Å². The normalized spacial score (nSPS) is 18.9. The molecule has 2 heterocycles. The van der Waals surface area contributed by atoms with E-state index in [0.717, 1.165) is 12.1 Å². The third kappa shape index (κ3) is 6.47. The molecule has 0 bridgehead atoms. The van der Waals surface area contributed by atoms with Gasteiger partial charge in [-0.15, -0.1) is 0 Å². The van der Waals surface area contributed by atoms with Crippen LogP contribution in [0.25, 0.3) is 0 Å². The molecule has 188 valence electrons. The molecule has 14 heteroatoms. The first-order valence-corrected chi connectivity index (χ1v) is 10.6. The fourth-order valence-corrected chi connectivity index (χ4v) is 3.70. The highest BCUT2D eigenvalue weighted by atomic mass is 19.3. The molecule has 2 aliphatic heterocycles. The molecule has 3 N–H and O–H groups in total. The molecule has 2 saturated heterocycles. The summed E-state index contributed by atoms with van der Waals surface area (Å²) >= 11 is 0. The number of nitrogens with one attached hydrogen (secondary N) is 2. The van der Waals surface area contributed by atoms with Gasteiger partial charge >= 0.3 is 12.4 Å². The van der Waals surface area contributed by atoms with Crippen LogP contribution in [0.2, 0.25) is 0 Å². The second kappa shape index (κ2) is 11.3. The molecule has 2 aliphatic rings. The molecule has 0 radical (unpaired) electrons. The molecular formula is C20H25F4N5O5. The van der Waals surface area contributed by atoms with Gasteiger partial charge in [0.1, 0.15) is 12.4 Å². The number of nitrogens with zero attached hydrogens (tertiary/aromatic N) is 3. The Morgan fingerprint density at radius 2 is 1.82 bits per heavy atom. The Balaban J connectivity index is 1.61. The monoisotopic (exact) mass is 491 g/mol. The van der Waals surface area contributed by atoms with Gasteiger partial charge in [-0.05, 0) is 12.1 Å². The summed E-state index contributed by atoms with van der Waals surface area (Å²) in [5, 5.41) is 12.0. The Hall–Kier alpha value is -3.13. The van der Waals surface area contributed by atoms with Crippen molar-refractivity contribution in [3.05, 3.63) is 23.8 Å². The Morgan fingerprint density at radius 1 is 1.12 bits per heavy atom. The number of anilines is 2. The maximum absolute atomic E-state index is 14.9. The highest BCUT2D eigenvalue weighted by Gasteiger charge is 2.28. The van der Waals surface area contributed by atoms with Crippen LogP contribution in [0.5, 0.6) is 0 Å². The van der Waals surface area contributed by atoms with Crippen molar-refractivity contribution in [3.63, 3.8) is 0 Å². The Bertz CT molecular complexity index is 898. The number of hydrogen-bond acceptors (Lipinski definition) is 7. The summed E-state index contributed by atoms with van der Waals surface area (Å²) in [6, 6.07) is 2.27. The lowest BCUT2D eigenvalue weighted by atomic mass is 10.2. The summed E-state index contributed by atoms with van der Waals surface area (Å²) in [6.07, 6.45) is -4.26. The van der Waals surface area contributed by atoms with E-state index in [1.54, 1.807) is 0 Å². The fourth-order valence-electron chi connectivity index (χ4n) is 3.70. The number of carboxylic acids is 1. The van der Waals surface area contributed by atoms with Crippen LogP contribution in [0.15, 0.2) is 12.1 Å². The van der Waals surface area contributed by atoms with Gasteiger partial charge in [-0.3, -0.25) is 19.4 Å². The minimum absolute atomic E-state index is 0.0332. The van der Waals surface area contributed by atoms with Gasteiger partial charge in [0.25, 0.3) is 5.91 Å². The molecule has 10 nitrogen and oxygen atoms in total. The van der Waals surface area contributed by atoms with Gasteiger partial charge in [-0.1, -0.05) is 0 Å². The number of benzene rings is 1.